The first-order chi connectivity index (χ1) is 18.9. The monoisotopic (exact) mass is 551 g/mol. The molecule has 2 aromatic rings. The van der Waals surface area contributed by atoms with Crippen molar-refractivity contribution in [1.29, 1.82) is 0 Å². The van der Waals surface area contributed by atoms with E-state index in [4.69, 9.17) is 9.73 Å². The van der Waals surface area contributed by atoms with E-state index < -0.39 is 0 Å². The van der Waals surface area contributed by atoms with Crippen LogP contribution in [0, 0.1) is 12.8 Å². The first-order valence-electron chi connectivity index (χ1n) is 14.9. The second-order valence-electron chi connectivity index (χ2n) is 11.3. The fraction of sp³-hybridized carbons (Fsp3) is 0.562. The van der Waals surface area contributed by atoms with E-state index in [0.29, 0.717) is 6.73 Å². The van der Waals surface area contributed by atoms with Crippen LogP contribution in [0.25, 0.3) is 0 Å². The lowest BCUT2D eigenvalue weighted by Crippen LogP contribution is -2.59. The van der Waals surface area contributed by atoms with Gasteiger partial charge in [-0.1, -0.05) is 63.8 Å². The number of carbonyl (C=O) groups is 1. The van der Waals surface area contributed by atoms with Gasteiger partial charge in [-0.05, 0) is 50.8 Å². The van der Waals surface area contributed by atoms with Gasteiger partial charge in [0.1, 0.15) is 10.8 Å². The molecule has 0 aliphatic carbocycles. The van der Waals surface area contributed by atoms with Crippen LogP contribution >= 0.6 is 11.3 Å². The van der Waals surface area contributed by atoms with E-state index in [-0.39, 0.29) is 11.9 Å². The van der Waals surface area contributed by atoms with Gasteiger partial charge in [-0.15, -0.1) is 11.3 Å². The highest BCUT2D eigenvalue weighted by atomic mass is 32.1. The lowest BCUT2D eigenvalue weighted by Gasteiger charge is -2.42. The van der Waals surface area contributed by atoms with E-state index in [9.17, 15) is 4.79 Å². The van der Waals surface area contributed by atoms with Crippen molar-refractivity contribution in [2.24, 2.45) is 10.9 Å². The van der Waals surface area contributed by atoms with Crippen molar-refractivity contribution in [2.45, 2.75) is 72.1 Å². The summed E-state index contributed by atoms with van der Waals surface area (Å²) >= 11 is 1.78. The first kappa shape index (κ1) is 29.3. The van der Waals surface area contributed by atoms with Crippen LogP contribution in [-0.4, -0.2) is 61.1 Å². The Hall–Kier alpha value is -2.64. The number of nitrogens with zero attached hydrogens (tertiary/aromatic N) is 3. The molecule has 1 unspecified atom stereocenters. The number of benzene rings is 1. The molecule has 0 saturated carbocycles. The van der Waals surface area contributed by atoms with Crippen molar-refractivity contribution < 1.29 is 14.0 Å². The van der Waals surface area contributed by atoms with Crippen LogP contribution in [0.2, 0.25) is 0 Å². The van der Waals surface area contributed by atoms with E-state index in [1.165, 1.54) is 29.7 Å². The number of amidine groups is 1. The van der Waals surface area contributed by atoms with Crippen LogP contribution in [-0.2, 0) is 9.53 Å². The number of para-hydroxylation sites is 2. The Bertz CT molecular complexity index is 1150. The number of thiophene rings is 1. The molecule has 1 aromatic carbocycles. The maximum Gasteiger partial charge on any atom is 0.313 e. The predicted octanol–water partition coefficient (Wildman–Crippen LogP) is 7.79. The number of aliphatic imine (C=N–C) groups is 1. The minimum Gasteiger partial charge on any atom is -0.415 e. The molecule has 2 aliphatic heterocycles. The number of allylic oxidation sites excluding steroid dienone is 2. The molecule has 0 radical (unpaired) electrons. The third-order valence-electron chi connectivity index (χ3n) is 7.94. The van der Waals surface area contributed by atoms with Crippen LogP contribution in [0.15, 0.2) is 47.5 Å². The molecule has 0 bridgehead atoms. The maximum absolute atomic E-state index is 13.2. The third-order valence-corrected chi connectivity index (χ3v) is 8.90. The summed E-state index contributed by atoms with van der Waals surface area (Å²) < 4.78 is 6.77. The van der Waals surface area contributed by atoms with Gasteiger partial charge in [0.2, 0.25) is 6.73 Å². The number of nitrogens with one attached hydrogen (secondary N) is 1. The molecule has 0 amide bonds. The van der Waals surface area contributed by atoms with Gasteiger partial charge in [0, 0.05) is 4.88 Å². The lowest BCUT2D eigenvalue weighted by atomic mass is 9.96. The molecular weight excluding hydrogens is 504 g/mol. The number of anilines is 2. The zero-order valence-electron chi connectivity index (χ0n) is 24.4. The van der Waals surface area contributed by atoms with Crippen LogP contribution < -0.4 is 5.32 Å². The Morgan fingerprint density at radius 1 is 1.15 bits per heavy atom. The molecule has 4 rings (SSSR count). The number of fused-ring (bicyclic) bond motifs is 2. The molecule has 3 heterocycles. The number of rotatable bonds is 12. The number of unbranched alkanes of at least 4 members (excludes halogenated alkanes) is 3. The van der Waals surface area contributed by atoms with Gasteiger partial charge < -0.3 is 15.0 Å². The number of hydrogen-bond acceptors (Lipinski definition) is 6. The van der Waals surface area contributed by atoms with Crippen LogP contribution in [0.3, 0.4) is 0 Å². The Morgan fingerprint density at radius 3 is 2.72 bits per heavy atom. The third kappa shape index (κ3) is 7.95. The Morgan fingerprint density at radius 2 is 1.95 bits per heavy atom. The normalized spacial score (nSPS) is 17.1. The molecular formula is C32H47N4O2S+. The molecule has 6 nitrogen and oxygen atoms in total. The van der Waals surface area contributed by atoms with Gasteiger partial charge in [-0.25, -0.2) is 4.99 Å². The van der Waals surface area contributed by atoms with E-state index in [0.717, 1.165) is 85.0 Å². The van der Waals surface area contributed by atoms with Crippen molar-refractivity contribution in [3.05, 3.63) is 52.9 Å². The van der Waals surface area contributed by atoms with Crippen molar-refractivity contribution >= 4 is 39.5 Å². The molecule has 2 aliphatic rings. The summed E-state index contributed by atoms with van der Waals surface area (Å²) in [4.78, 5) is 22.0. The van der Waals surface area contributed by atoms with Crippen LogP contribution in [0.5, 0.6) is 0 Å². The SMILES string of the molecule is CC/C=C/CCC(CCCCCC)C(=O)OC[N+]1(C)CCN(C2=Nc3ccccc3Nc3sc(C)cc32)CC1. The van der Waals surface area contributed by atoms with Gasteiger partial charge in [-0.2, -0.15) is 0 Å². The zero-order valence-corrected chi connectivity index (χ0v) is 25.2. The Kier molecular flexibility index (Phi) is 10.6. The van der Waals surface area contributed by atoms with Gasteiger partial charge in [0.25, 0.3) is 0 Å². The highest BCUT2D eigenvalue weighted by Gasteiger charge is 2.34. The van der Waals surface area contributed by atoms with E-state index in [2.05, 4.69) is 74.5 Å². The second-order valence-corrected chi connectivity index (χ2v) is 12.6. The summed E-state index contributed by atoms with van der Waals surface area (Å²) in [5.41, 5.74) is 3.21. The molecule has 7 heteroatoms. The summed E-state index contributed by atoms with van der Waals surface area (Å²) in [5.74, 6) is 1.04. The van der Waals surface area contributed by atoms with Crippen molar-refractivity contribution in [1.82, 2.24) is 4.90 Å². The maximum atomic E-state index is 13.2. The summed E-state index contributed by atoms with van der Waals surface area (Å²) in [6.45, 7) is 10.6. The molecule has 1 atom stereocenters. The average molecular weight is 552 g/mol. The Labute approximate surface area is 239 Å². The highest BCUT2D eigenvalue weighted by molar-refractivity contribution is 7.16. The molecule has 0 spiro atoms. The fourth-order valence-corrected chi connectivity index (χ4v) is 6.31. The van der Waals surface area contributed by atoms with Crippen LogP contribution in [0.1, 0.15) is 75.7 Å². The van der Waals surface area contributed by atoms with Gasteiger partial charge in [0.05, 0.1) is 56.1 Å². The number of hydrogen-bond donors (Lipinski definition) is 1. The molecule has 1 N–H and O–H groups in total. The fourth-order valence-electron chi connectivity index (χ4n) is 5.39. The number of piperazine rings is 1. The van der Waals surface area contributed by atoms with E-state index in [1.807, 2.05) is 6.07 Å². The minimum absolute atomic E-state index is 0.00409. The van der Waals surface area contributed by atoms with Gasteiger partial charge >= 0.3 is 5.97 Å². The van der Waals surface area contributed by atoms with Crippen molar-refractivity contribution in [2.75, 3.05) is 45.3 Å². The largest absolute Gasteiger partial charge is 0.415 e. The van der Waals surface area contributed by atoms with Gasteiger partial charge in [-0.3, -0.25) is 9.28 Å². The van der Waals surface area contributed by atoms with Crippen molar-refractivity contribution in [3.8, 4) is 0 Å². The number of aryl methyl sites for hydroxylation is 1. The number of quaternary nitrogens is 1. The average Bonchev–Trinajstić information content (AvgIpc) is 3.23. The molecule has 1 aromatic heterocycles. The molecule has 39 heavy (non-hydrogen) atoms. The Balaban J connectivity index is 1.36. The standard InChI is InChI=1S/C32H47N4O2S/c1-5-7-9-11-15-26(16-12-10-8-6-2)32(37)38-24-36(4)21-19-35(20-22-36)30-27-23-25(3)39-31(27)34-29-18-14-13-17-28(29)33-30/h7,9,13-14,17-18,23,26,34H,5-6,8,10-12,15-16,19-22,24H2,1-4H3/q+1/b9-7+. The predicted molar refractivity (Wildman–Crippen MR) is 164 cm³/mol. The van der Waals surface area contributed by atoms with E-state index in [1.54, 1.807) is 11.3 Å². The zero-order chi connectivity index (χ0) is 27.7. The summed E-state index contributed by atoms with van der Waals surface area (Å²) in [7, 11) is 2.22. The number of likely N-dealkylation sites (N-methyl/N-ethyl adjacent to an activating group) is 1. The van der Waals surface area contributed by atoms with Crippen molar-refractivity contribution in [3.63, 3.8) is 0 Å². The topological polar surface area (TPSA) is 53.9 Å². The minimum atomic E-state index is -0.00705. The van der Waals surface area contributed by atoms with Gasteiger partial charge in [0.15, 0.2) is 0 Å². The molecule has 1 saturated heterocycles. The molecule has 1 fully saturated rings. The second kappa shape index (κ2) is 14.1. The smallest absolute Gasteiger partial charge is 0.313 e. The summed E-state index contributed by atoms with van der Waals surface area (Å²) in [5, 5.41) is 4.77. The van der Waals surface area contributed by atoms with E-state index >= 15 is 0 Å². The number of esters is 1. The summed E-state index contributed by atoms with van der Waals surface area (Å²) in [6, 6.07) is 10.5. The highest BCUT2D eigenvalue weighted by Crippen LogP contribution is 2.39. The molecule has 212 valence electrons. The first-order valence-corrected chi connectivity index (χ1v) is 15.7. The van der Waals surface area contributed by atoms with Crippen LogP contribution in [0.4, 0.5) is 16.4 Å². The number of carbonyl (C=O) groups excluding carboxylic acids is 1. The quantitative estimate of drug-likeness (QED) is 0.127. The number of ether oxygens (including phenoxy) is 1. The lowest BCUT2D eigenvalue weighted by molar-refractivity contribution is -0.929. The summed E-state index contributed by atoms with van der Waals surface area (Å²) in [6.07, 6.45) is 13.0.